The van der Waals surface area contributed by atoms with Crippen LogP contribution in [0.25, 0.3) is 11.1 Å². The Labute approximate surface area is 159 Å². The number of benzene rings is 1. The fraction of sp³-hybridized carbons (Fsp3) is 0.400. The molecule has 1 heterocycles. The normalized spacial score (nSPS) is 11.0. The number of aryl methyl sites for hydroxylation is 1. The lowest BCUT2D eigenvalue weighted by atomic mass is 10.1. The molecule has 0 atom stereocenters. The number of hydrogen-bond donors (Lipinski definition) is 1. The Morgan fingerprint density at radius 3 is 2.41 bits per heavy atom. The van der Waals surface area contributed by atoms with Crippen LogP contribution in [0.15, 0.2) is 36.7 Å². The molecule has 0 aliphatic heterocycles. The molecule has 0 saturated heterocycles. The standard InChI is InChI=1S/C20H25N3O4/c1-20(2,3)27-19(25)13-21-16-7-5-6-14(10-16)15-11-22-17(23-12-15)8-9-18(24)26-4/h5-7,10-12,21H,8-9,13H2,1-4H3. The van der Waals surface area contributed by atoms with Crippen molar-refractivity contribution in [3.05, 3.63) is 42.5 Å². The van der Waals surface area contributed by atoms with Crippen LogP contribution in [-0.4, -0.2) is 41.2 Å². The predicted molar refractivity (Wildman–Crippen MR) is 102 cm³/mol. The molecule has 0 amide bonds. The van der Waals surface area contributed by atoms with E-state index in [-0.39, 0.29) is 24.9 Å². The van der Waals surface area contributed by atoms with Crippen molar-refractivity contribution in [2.75, 3.05) is 19.0 Å². The highest BCUT2D eigenvalue weighted by Crippen LogP contribution is 2.21. The summed E-state index contributed by atoms with van der Waals surface area (Å²) in [5.41, 5.74) is 2.06. The van der Waals surface area contributed by atoms with Crippen LogP contribution in [0.1, 0.15) is 33.0 Å². The van der Waals surface area contributed by atoms with E-state index in [0.29, 0.717) is 12.2 Å². The Kier molecular flexibility index (Phi) is 6.87. The van der Waals surface area contributed by atoms with Gasteiger partial charge in [0.25, 0.3) is 0 Å². The molecule has 0 radical (unpaired) electrons. The molecule has 7 heteroatoms. The van der Waals surface area contributed by atoms with Gasteiger partial charge in [0.1, 0.15) is 18.0 Å². The lowest BCUT2D eigenvalue weighted by molar-refractivity contribution is -0.152. The smallest absolute Gasteiger partial charge is 0.325 e. The number of aromatic nitrogens is 2. The number of esters is 2. The number of carbonyl (C=O) groups excluding carboxylic acids is 2. The van der Waals surface area contributed by atoms with Crippen molar-refractivity contribution in [1.29, 1.82) is 0 Å². The maximum atomic E-state index is 11.8. The van der Waals surface area contributed by atoms with Crippen LogP contribution in [0, 0.1) is 0 Å². The molecule has 0 unspecified atom stereocenters. The summed E-state index contributed by atoms with van der Waals surface area (Å²) in [6, 6.07) is 7.61. The molecule has 1 aromatic carbocycles. The van der Waals surface area contributed by atoms with Crippen LogP contribution in [0.3, 0.4) is 0 Å². The first kappa shape index (κ1) is 20.4. The summed E-state index contributed by atoms with van der Waals surface area (Å²) in [5, 5.41) is 3.06. The topological polar surface area (TPSA) is 90.4 Å². The van der Waals surface area contributed by atoms with E-state index in [1.54, 1.807) is 12.4 Å². The molecule has 144 valence electrons. The van der Waals surface area contributed by atoms with Crippen molar-refractivity contribution in [2.24, 2.45) is 0 Å². The van der Waals surface area contributed by atoms with Crippen molar-refractivity contribution in [3.63, 3.8) is 0 Å². The van der Waals surface area contributed by atoms with Gasteiger partial charge in [-0.2, -0.15) is 0 Å². The van der Waals surface area contributed by atoms with Crippen LogP contribution in [0.2, 0.25) is 0 Å². The molecule has 0 saturated carbocycles. The SMILES string of the molecule is COC(=O)CCc1ncc(-c2cccc(NCC(=O)OC(C)(C)C)c2)cn1. The average molecular weight is 371 g/mol. The van der Waals surface area contributed by atoms with Crippen LogP contribution < -0.4 is 5.32 Å². The number of ether oxygens (including phenoxy) is 2. The van der Waals surface area contributed by atoms with Crippen LogP contribution in [-0.2, 0) is 25.5 Å². The maximum Gasteiger partial charge on any atom is 0.325 e. The van der Waals surface area contributed by atoms with Gasteiger partial charge in [-0.15, -0.1) is 0 Å². The second-order valence-electron chi connectivity index (χ2n) is 6.98. The Hall–Kier alpha value is -2.96. The van der Waals surface area contributed by atoms with E-state index < -0.39 is 5.60 Å². The Bertz CT molecular complexity index is 783. The van der Waals surface area contributed by atoms with Crippen molar-refractivity contribution >= 4 is 17.6 Å². The minimum Gasteiger partial charge on any atom is -0.469 e. The molecule has 0 bridgehead atoms. The lowest BCUT2D eigenvalue weighted by Gasteiger charge is -2.19. The minimum atomic E-state index is -0.506. The van der Waals surface area contributed by atoms with E-state index >= 15 is 0 Å². The van der Waals surface area contributed by atoms with Gasteiger partial charge in [0, 0.05) is 30.1 Å². The van der Waals surface area contributed by atoms with Crippen LogP contribution in [0.5, 0.6) is 0 Å². The first-order valence-electron chi connectivity index (χ1n) is 8.71. The summed E-state index contributed by atoms with van der Waals surface area (Å²) in [7, 11) is 1.36. The average Bonchev–Trinajstić information content (AvgIpc) is 2.63. The monoisotopic (exact) mass is 371 g/mol. The molecule has 27 heavy (non-hydrogen) atoms. The van der Waals surface area contributed by atoms with Gasteiger partial charge in [0.05, 0.1) is 13.5 Å². The van der Waals surface area contributed by atoms with E-state index in [1.807, 2.05) is 45.0 Å². The van der Waals surface area contributed by atoms with E-state index in [2.05, 4.69) is 20.0 Å². The number of methoxy groups -OCH3 is 1. The Balaban J connectivity index is 1.98. The number of anilines is 1. The van der Waals surface area contributed by atoms with Gasteiger partial charge in [0.15, 0.2) is 0 Å². The molecular weight excluding hydrogens is 346 g/mol. The van der Waals surface area contributed by atoms with Crippen molar-refractivity contribution in [3.8, 4) is 11.1 Å². The highest BCUT2D eigenvalue weighted by atomic mass is 16.6. The number of nitrogens with zero attached hydrogens (tertiary/aromatic N) is 2. The van der Waals surface area contributed by atoms with E-state index in [1.165, 1.54) is 7.11 Å². The molecule has 0 aliphatic carbocycles. The molecule has 2 rings (SSSR count). The summed E-state index contributed by atoms with van der Waals surface area (Å²) in [5.74, 6) is -0.0130. The zero-order valence-electron chi connectivity index (χ0n) is 16.1. The van der Waals surface area contributed by atoms with Crippen molar-refractivity contribution in [1.82, 2.24) is 9.97 Å². The van der Waals surface area contributed by atoms with E-state index in [4.69, 9.17) is 4.74 Å². The Morgan fingerprint density at radius 2 is 1.78 bits per heavy atom. The summed E-state index contributed by atoms with van der Waals surface area (Å²) >= 11 is 0. The second kappa shape index (κ2) is 9.12. The third-order valence-electron chi connectivity index (χ3n) is 3.54. The third-order valence-corrected chi connectivity index (χ3v) is 3.54. The van der Waals surface area contributed by atoms with Crippen LogP contribution >= 0.6 is 0 Å². The van der Waals surface area contributed by atoms with Gasteiger partial charge in [-0.3, -0.25) is 9.59 Å². The molecule has 0 fully saturated rings. The highest BCUT2D eigenvalue weighted by molar-refractivity contribution is 5.76. The molecule has 1 aromatic heterocycles. The quantitative estimate of drug-likeness (QED) is 0.748. The maximum absolute atomic E-state index is 11.8. The number of nitrogens with one attached hydrogen (secondary N) is 1. The zero-order valence-corrected chi connectivity index (χ0v) is 16.1. The lowest BCUT2D eigenvalue weighted by Crippen LogP contribution is -2.28. The number of rotatable bonds is 7. The van der Waals surface area contributed by atoms with Gasteiger partial charge < -0.3 is 14.8 Å². The summed E-state index contributed by atoms with van der Waals surface area (Å²) < 4.78 is 9.89. The van der Waals surface area contributed by atoms with Gasteiger partial charge in [-0.05, 0) is 38.5 Å². The van der Waals surface area contributed by atoms with Gasteiger partial charge in [-0.25, -0.2) is 9.97 Å². The first-order valence-corrected chi connectivity index (χ1v) is 8.71. The summed E-state index contributed by atoms with van der Waals surface area (Å²) in [6.07, 6.45) is 4.11. The molecule has 7 nitrogen and oxygen atoms in total. The summed E-state index contributed by atoms with van der Waals surface area (Å²) in [4.78, 5) is 31.6. The fourth-order valence-electron chi connectivity index (χ4n) is 2.31. The van der Waals surface area contributed by atoms with E-state index in [0.717, 1.165) is 16.8 Å². The Morgan fingerprint density at radius 1 is 1.07 bits per heavy atom. The largest absolute Gasteiger partial charge is 0.469 e. The number of hydrogen-bond acceptors (Lipinski definition) is 7. The molecule has 0 aliphatic rings. The van der Waals surface area contributed by atoms with Crippen molar-refractivity contribution < 1.29 is 19.1 Å². The molecular formula is C20H25N3O4. The third kappa shape index (κ3) is 7.05. The molecule has 2 aromatic rings. The fourth-order valence-corrected chi connectivity index (χ4v) is 2.31. The van der Waals surface area contributed by atoms with Crippen LogP contribution in [0.4, 0.5) is 5.69 Å². The highest BCUT2D eigenvalue weighted by Gasteiger charge is 2.15. The summed E-state index contributed by atoms with van der Waals surface area (Å²) in [6.45, 7) is 5.59. The van der Waals surface area contributed by atoms with Gasteiger partial charge >= 0.3 is 11.9 Å². The van der Waals surface area contributed by atoms with Crippen molar-refractivity contribution in [2.45, 2.75) is 39.2 Å². The predicted octanol–water partition coefficient (Wildman–Crippen LogP) is 3.00. The molecule has 0 spiro atoms. The van der Waals surface area contributed by atoms with Gasteiger partial charge in [0.2, 0.25) is 0 Å². The minimum absolute atomic E-state index is 0.0870. The zero-order chi connectivity index (χ0) is 19.9. The molecule has 1 N–H and O–H groups in total. The van der Waals surface area contributed by atoms with Gasteiger partial charge in [-0.1, -0.05) is 12.1 Å². The number of carbonyl (C=O) groups is 2. The first-order chi connectivity index (χ1) is 12.8. The second-order valence-corrected chi connectivity index (χ2v) is 6.98. The van der Waals surface area contributed by atoms with E-state index in [9.17, 15) is 9.59 Å².